The predicted molar refractivity (Wildman–Crippen MR) is 60.3 cm³/mol. The van der Waals surface area contributed by atoms with Crippen molar-refractivity contribution in [2.45, 2.75) is 0 Å². The minimum absolute atomic E-state index is 0.00194. The Morgan fingerprint density at radius 3 is 2.56 bits per heavy atom. The van der Waals surface area contributed by atoms with Gasteiger partial charge in [-0.1, -0.05) is 23.2 Å². The van der Waals surface area contributed by atoms with Crippen molar-refractivity contribution in [3.05, 3.63) is 27.7 Å². The van der Waals surface area contributed by atoms with E-state index in [0.717, 1.165) is 0 Å². The molecule has 0 unspecified atom stereocenters. The molecule has 1 aromatic carbocycles. The van der Waals surface area contributed by atoms with Gasteiger partial charge >= 0.3 is 5.97 Å². The lowest BCUT2D eigenvalue weighted by Crippen LogP contribution is -2.08. The van der Waals surface area contributed by atoms with Crippen LogP contribution < -0.4 is 4.74 Å². The lowest BCUT2D eigenvalue weighted by Gasteiger charge is -2.11. The van der Waals surface area contributed by atoms with E-state index < -0.39 is 5.97 Å². The smallest absolute Gasteiger partial charge is 0.343 e. The Labute approximate surface area is 103 Å². The van der Waals surface area contributed by atoms with E-state index in [2.05, 4.69) is 4.74 Å². The monoisotopic (exact) mass is 264 g/mol. The van der Waals surface area contributed by atoms with Crippen LogP contribution in [0.2, 0.25) is 10.0 Å². The summed E-state index contributed by atoms with van der Waals surface area (Å²) in [5, 5.41) is 0.356. The maximum atomic E-state index is 11.5. The van der Waals surface area contributed by atoms with E-state index in [-0.39, 0.29) is 28.2 Å². The van der Waals surface area contributed by atoms with Crippen LogP contribution in [0.1, 0.15) is 10.4 Å². The summed E-state index contributed by atoms with van der Waals surface area (Å²) in [7, 11) is 2.72. The number of hydrogen-bond donors (Lipinski definition) is 0. The largest absolute Gasteiger partial charge is 0.467 e. The molecular formula is C10H10Cl2O4. The Morgan fingerprint density at radius 2 is 2.00 bits per heavy atom. The van der Waals surface area contributed by atoms with Crippen LogP contribution >= 0.6 is 23.2 Å². The first-order chi connectivity index (χ1) is 7.61. The van der Waals surface area contributed by atoms with Gasteiger partial charge in [-0.15, -0.1) is 0 Å². The summed E-state index contributed by atoms with van der Waals surface area (Å²) < 4.78 is 14.5. The average Bonchev–Trinajstić information content (AvgIpc) is 2.29. The quantitative estimate of drug-likeness (QED) is 0.620. The van der Waals surface area contributed by atoms with Gasteiger partial charge < -0.3 is 14.2 Å². The SMILES string of the molecule is COCOc1ccc(Cl)c(Cl)c1C(=O)OC. The number of methoxy groups -OCH3 is 2. The van der Waals surface area contributed by atoms with Gasteiger partial charge in [-0.2, -0.15) is 0 Å². The molecular weight excluding hydrogens is 255 g/mol. The van der Waals surface area contributed by atoms with Crippen molar-refractivity contribution in [2.75, 3.05) is 21.0 Å². The fourth-order valence-electron chi connectivity index (χ4n) is 1.07. The zero-order chi connectivity index (χ0) is 12.1. The Hall–Kier alpha value is -0.970. The number of carbonyl (C=O) groups is 1. The molecule has 4 nitrogen and oxygen atoms in total. The second kappa shape index (κ2) is 5.94. The van der Waals surface area contributed by atoms with E-state index in [1.807, 2.05) is 0 Å². The number of rotatable bonds is 4. The number of benzene rings is 1. The molecule has 0 N–H and O–H groups in total. The topological polar surface area (TPSA) is 44.8 Å². The van der Waals surface area contributed by atoms with Gasteiger partial charge in [-0.3, -0.25) is 0 Å². The van der Waals surface area contributed by atoms with Crippen LogP contribution in [0, 0.1) is 0 Å². The molecule has 0 aliphatic carbocycles. The highest BCUT2D eigenvalue weighted by atomic mass is 35.5. The van der Waals surface area contributed by atoms with Crippen LogP contribution in [-0.4, -0.2) is 27.0 Å². The third kappa shape index (κ3) is 2.78. The molecule has 0 heterocycles. The van der Waals surface area contributed by atoms with Crippen molar-refractivity contribution in [1.82, 2.24) is 0 Å². The maximum Gasteiger partial charge on any atom is 0.343 e. The van der Waals surface area contributed by atoms with Gasteiger partial charge in [0.1, 0.15) is 11.3 Å². The number of carbonyl (C=O) groups excluding carboxylic acids is 1. The van der Waals surface area contributed by atoms with Gasteiger partial charge in [0, 0.05) is 7.11 Å². The van der Waals surface area contributed by atoms with E-state index >= 15 is 0 Å². The molecule has 0 saturated heterocycles. The van der Waals surface area contributed by atoms with E-state index in [4.69, 9.17) is 32.7 Å². The van der Waals surface area contributed by atoms with Crippen molar-refractivity contribution in [1.29, 1.82) is 0 Å². The summed E-state index contributed by atoms with van der Waals surface area (Å²) >= 11 is 11.7. The van der Waals surface area contributed by atoms with Crippen LogP contribution in [0.3, 0.4) is 0 Å². The first kappa shape index (κ1) is 13.1. The second-order valence-electron chi connectivity index (χ2n) is 2.78. The predicted octanol–water partition coefficient (Wildman–Crippen LogP) is 2.76. The molecule has 0 radical (unpaired) electrons. The Balaban J connectivity index is 3.16. The van der Waals surface area contributed by atoms with E-state index in [1.165, 1.54) is 26.4 Å². The Kier molecular flexibility index (Phi) is 4.86. The second-order valence-corrected chi connectivity index (χ2v) is 3.56. The molecule has 0 atom stereocenters. The Bertz CT molecular complexity index is 393. The van der Waals surface area contributed by atoms with Crippen molar-refractivity contribution < 1.29 is 19.0 Å². The van der Waals surface area contributed by atoms with E-state index in [0.29, 0.717) is 0 Å². The first-order valence-corrected chi connectivity index (χ1v) is 5.05. The summed E-state index contributed by atoms with van der Waals surface area (Å²) in [6, 6.07) is 3.06. The Morgan fingerprint density at radius 1 is 1.31 bits per heavy atom. The summed E-state index contributed by atoms with van der Waals surface area (Å²) in [6.45, 7) is 0.00194. The first-order valence-electron chi connectivity index (χ1n) is 4.29. The lowest BCUT2D eigenvalue weighted by atomic mass is 10.2. The molecule has 16 heavy (non-hydrogen) atoms. The van der Waals surface area contributed by atoms with Crippen LogP contribution in [0.5, 0.6) is 5.75 Å². The lowest BCUT2D eigenvalue weighted by molar-refractivity contribution is 0.0465. The summed E-state index contributed by atoms with van der Waals surface area (Å²) in [6.07, 6.45) is 0. The molecule has 6 heteroatoms. The van der Waals surface area contributed by atoms with Crippen LogP contribution in [0.25, 0.3) is 0 Å². The fourth-order valence-corrected chi connectivity index (χ4v) is 1.46. The average molecular weight is 265 g/mol. The molecule has 0 aliphatic rings. The molecule has 1 aromatic rings. The molecule has 0 aromatic heterocycles. The van der Waals surface area contributed by atoms with Crippen molar-refractivity contribution in [3.63, 3.8) is 0 Å². The van der Waals surface area contributed by atoms with Crippen molar-refractivity contribution in [2.24, 2.45) is 0 Å². The molecule has 0 amide bonds. The third-order valence-corrected chi connectivity index (χ3v) is 2.58. The highest BCUT2D eigenvalue weighted by Gasteiger charge is 2.19. The minimum atomic E-state index is -0.612. The van der Waals surface area contributed by atoms with Crippen molar-refractivity contribution >= 4 is 29.2 Å². The van der Waals surface area contributed by atoms with Crippen LogP contribution in [0.15, 0.2) is 12.1 Å². The molecule has 0 spiro atoms. The maximum absolute atomic E-state index is 11.5. The highest BCUT2D eigenvalue weighted by molar-refractivity contribution is 6.44. The van der Waals surface area contributed by atoms with Gasteiger partial charge in [-0.05, 0) is 12.1 Å². The third-order valence-electron chi connectivity index (χ3n) is 1.78. The normalized spacial score (nSPS) is 10.0. The molecule has 0 saturated carbocycles. The van der Waals surface area contributed by atoms with E-state index in [1.54, 1.807) is 0 Å². The standard InChI is InChI=1S/C10H10Cl2O4/c1-14-5-16-7-4-3-6(11)9(12)8(7)10(13)15-2/h3-4H,5H2,1-2H3. The molecule has 1 rings (SSSR count). The van der Waals surface area contributed by atoms with Crippen molar-refractivity contribution in [3.8, 4) is 5.75 Å². The zero-order valence-electron chi connectivity index (χ0n) is 8.75. The molecule has 0 aliphatic heterocycles. The number of esters is 1. The summed E-state index contributed by atoms with van der Waals surface area (Å²) in [4.78, 5) is 11.5. The van der Waals surface area contributed by atoms with Crippen LogP contribution in [0.4, 0.5) is 0 Å². The van der Waals surface area contributed by atoms with E-state index in [9.17, 15) is 4.79 Å². The minimum Gasteiger partial charge on any atom is -0.467 e. The van der Waals surface area contributed by atoms with Gasteiger partial charge in [0.25, 0.3) is 0 Å². The number of hydrogen-bond acceptors (Lipinski definition) is 4. The van der Waals surface area contributed by atoms with Gasteiger partial charge in [-0.25, -0.2) is 4.79 Å². The summed E-state index contributed by atoms with van der Waals surface area (Å²) in [5.41, 5.74) is 0.0914. The number of ether oxygens (including phenoxy) is 3. The molecule has 88 valence electrons. The van der Waals surface area contributed by atoms with Gasteiger partial charge in [0.2, 0.25) is 0 Å². The summed E-state index contributed by atoms with van der Waals surface area (Å²) in [5.74, 6) is -0.346. The molecule has 0 fully saturated rings. The fraction of sp³-hybridized carbons (Fsp3) is 0.300. The van der Waals surface area contributed by atoms with Gasteiger partial charge in [0.05, 0.1) is 17.2 Å². The van der Waals surface area contributed by atoms with Crippen LogP contribution in [-0.2, 0) is 9.47 Å². The number of halogens is 2. The highest BCUT2D eigenvalue weighted by Crippen LogP contribution is 2.33. The zero-order valence-corrected chi connectivity index (χ0v) is 10.3. The molecule has 0 bridgehead atoms. The van der Waals surface area contributed by atoms with Gasteiger partial charge in [0.15, 0.2) is 6.79 Å².